The molecule has 0 fully saturated rings. The standard InChI is InChI=1S/C20H14N2S2/c1-3-19(23-13-1)15-5-9-17(10-6-15)21-22-18-11-7-16(8-12-18)20-4-2-14-24-20/h1-14H. The van der Waals surface area contributed by atoms with Crippen LogP contribution in [0.4, 0.5) is 11.4 Å². The lowest BCUT2D eigenvalue weighted by molar-refractivity contribution is 1.23. The Kier molecular flexibility index (Phi) is 4.32. The minimum Gasteiger partial charge on any atom is -0.151 e. The van der Waals surface area contributed by atoms with Crippen LogP contribution in [0.5, 0.6) is 0 Å². The van der Waals surface area contributed by atoms with Crippen LogP contribution in [0.3, 0.4) is 0 Å². The summed E-state index contributed by atoms with van der Waals surface area (Å²) in [5.41, 5.74) is 4.14. The number of hydrogen-bond acceptors (Lipinski definition) is 4. The SMILES string of the molecule is c1csc(-c2ccc(N=Nc3ccc(-c4cccs4)cc3)cc2)c1. The second-order valence-electron chi connectivity index (χ2n) is 5.25. The monoisotopic (exact) mass is 346 g/mol. The molecule has 2 nitrogen and oxygen atoms in total. The highest BCUT2D eigenvalue weighted by atomic mass is 32.1. The van der Waals surface area contributed by atoms with E-state index in [9.17, 15) is 0 Å². The molecule has 0 aliphatic carbocycles. The van der Waals surface area contributed by atoms with Crippen molar-refractivity contribution < 1.29 is 0 Å². The Morgan fingerprint density at radius 2 is 0.917 bits per heavy atom. The molecule has 0 N–H and O–H groups in total. The van der Waals surface area contributed by atoms with Gasteiger partial charge < -0.3 is 0 Å². The first-order valence-corrected chi connectivity index (χ1v) is 9.34. The third-order valence-corrected chi connectivity index (χ3v) is 5.46. The van der Waals surface area contributed by atoms with Crippen LogP contribution in [0.2, 0.25) is 0 Å². The summed E-state index contributed by atoms with van der Waals surface area (Å²) in [4.78, 5) is 2.53. The van der Waals surface area contributed by atoms with E-state index in [4.69, 9.17) is 0 Å². The molecule has 0 unspecified atom stereocenters. The summed E-state index contributed by atoms with van der Waals surface area (Å²) in [7, 11) is 0. The van der Waals surface area contributed by atoms with Crippen molar-refractivity contribution in [2.45, 2.75) is 0 Å². The molecular formula is C20H14N2S2. The molecule has 2 aromatic heterocycles. The van der Waals surface area contributed by atoms with Gasteiger partial charge in [0.1, 0.15) is 0 Å². The van der Waals surface area contributed by atoms with E-state index in [1.165, 1.54) is 20.9 Å². The summed E-state index contributed by atoms with van der Waals surface area (Å²) in [6, 6.07) is 24.7. The van der Waals surface area contributed by atoms with Crippen molar-refractivity contribution in [2.24, 2.45) is 10.2 Å². The molecule has 0 amide bonds. The highest BCUT2D eigenvalue weighted by Gasteiger charge is 2.00. The number of azo groups is 1. The largest absolute Gasteiger partial charge is 0.151 e. The smallest absolute Gasteiger partial charge is 0.0857 e. The summed E-state index contributed by atoms with van der Waals surface area (Å²) in [5.74, 6) is 0. The third kappa shape index (κ3) is 3.35. The van der Waals surface area contributed by atoms with Gasteiger partial charge in [0.05, 0.1) is 11.4 Å². The minimum atomic E-state index is 0.859. The van der Waals surface area contributed by atoms with Crippen LogP contribution in [-0.2, 0) is 0 Å². The van der Waals surface area contributed by atoms with E-state index in [0.717, 1.165) is 11.4 Å². The molecule has 2 aromatic carbocycles. The van der Waals surface area contributed by atoms with Crippen molar-refractivity contribution in [1.82, 2.24) is 0 Å². The zero-order valence-electron chi connectivity index (χ0n) is 12.8. The van der Waals surface area contributed by atoms with Gasteiger partial charge >= 0.3 is 0 Å². The van der Waals surface area contributed by atoms with E-state index in [1.807, 2.05) is 24.3 Å². The fourth-order valence-corrected chi connectivity index (χ4v) is 3.85. The van der Waals surface area contributed by atoms with Gasteiger partial charge in [-0.2, -0.15) is 10.2 Å². The van der Waals surface area contributed by atoms with E-state index in [-0.39, 0.29) is 0 Å². The van der Waals surface area contributed by atoms with Crippen molar-refractivity contribution in [3.8, 4) is 20.9 Å². The molecule has 4 heteroatoms. The molecule has 0 saturated carbocycles. The van der Waals surface area contributed by atoms with Crippen molar-refractivity contribution in [3.63, 3.8) is 0 Å². The zero-order valence-corrected chi connectivity index (χ0v) is 14.4. The molecule has 4 rings (SSSR count). The molecule has 0 bridgehead atoms. The number of benzene rings is 2. The van der Waals surface area contributed by atoms with Crippen molar-refractivity contribution in [1.29, 1.82) is 0 Å². The summed E-state index contributed by atoms with van der Waals surface area (Å²) >= 11 is 3.48. The van der Waals surface area contributed by atoms with Crippen LogP contribution < -0.4 is 0 Å². The van der Waals surface area contributed by atoms with Gasteiger partial charge in [-0.15, -0.1) is 22.7 Å². The van der Waals surface area contributed by atoms with E-state index in [2.05, 4.69) is 69.5 Å². The second kappa shape index (κ2) is 6.91. The lowest BCUT2D eigenvalue weighted by Crippen LogP contribution is -1.72. The van der Waals surface area contributed by atoms with Crippen LogP contribution in [-0.4, -0.2) is 0 Å². The maximum Gasteiger partial charge on any atom is 0.0857 e. The molecule has 0 aliphatic rings. The molecule has 116 valence electrons. The summed E-state index contributed by atoms with van der Waals surface area (Å²) in [6.45, 7) is 0. The summed E-state index contributed by atoms with van der Waals surface area (Å²) in [6.07, 6.45) is 0. The van der Waals surface area contributed by atoms with Gasteiger partial charge in [-0.05, 0) is 58.3 Å². The summed E-state index contributed by atoms with van der Waals surface area (Å²) in [5, 5.41) is 12.8. The minimum absolute atomic E-state index is 0.859. The van der Waals surface area contributed by atoms with Crippen LogP contribution in [0, 0.1) is 0 Å². The van der Waals surface area contributed by atoms with Gasteiger partial charge in [-0.25, -0.2) is 0 Å². The summed E-state index contributed by atoms with van der Waals surface area (Å²) < 4.78 is 0. The predicted molar refractivity (Wildman–Crippen MR) is 104 cm³/mol. The molecular weight excluding hydrogens is 332 g/mol. The quantitative estimate of drug-likeness (QED) is 0.341. The molecule has 0 radical (unpaired) electrons. The van der Waals surface area contributed by atoms with Gasteiger partial charge in [-0.3, -0.25) is 0 Å². The third-order valence-electron chi connectivity index (χ3n) is 3.63. The first-order valence-electron chi connectivity index (χ1n) is 7.58. The fourth-order valence-electron chi connectivity index (χ4n) is 2.39. The van der Waals surface area contributed by atoms with Crippen LogP contribution in [0.25, 0.3) is 20.9 Å². The number of thiophene rings is 2. The van der Waals surface area contributed by atoms with Gasteiger partial charge in [-0.1, -0.05) is 36.4 Å². The Bertz CT molecular complexity index is 841. The van der Waals surface area contributed by atoms with Gasteiger partial charge in [0.2, 0.25) is 0 Å². The van der Waals surface area contributed by atoms with E-state index in [0.29, 0.717) is 0 Å². The maximum absolute atomic E-state index is 4.32. The van der Waals surface area contributed by atoms with Crippen LogP contribution in [0.15, 0.2) is 93.8 Å². The molecule has 0 atom stereocenters. The lowest BCUT2D eigenvalue weighted by atomic mass is 10.2. The first-order chi connectivity index (χ1) is 11.9. The van der Waals surface area contributed by atoms with Crippen LogP contribution >= 0.6 is 22.7 Å². The second-order valence-corrected chi connectivity index (χ2v) is 7.14. The van der Waals surface area contributed by atoms with Crippen LogP contribution in [0.1, 0.15) is 0 Å². The maximum atomic E-state index is 4.32. The highest BCUT2D eigenvalue weighted by molar-refractivity contribution is 7.13. The molecule has 0 saturated heterocycles. The zero-order chi connectivity index (χ0) is 16.2. The first kappa shape index (κ1) is 15.0. The predicted octanol–water partition coefficient (Wildman–Crippen LogP) is 7.56. The molecule has 0 spiro atoms. The molecule has 4 aromatic rings. The van der Waals surface area contributed by atoms with Gasteiger partial charge in [0.25, 0.3) is 0 Å². The number of rotatable bonds is 4. The van der Waals surface area contributed by atoms with Crippen molar-refractivity contribution >= 4 is 34.0 Å². The molecule has 0 aliphatic heterocycles. The Hall–Kier alpha value is -2.56. The van der Waals surface area contributed by atoms with Crippen molar-refractivity contribution in [2.75, 3.05) is 0 Å². The van der Waals surface area contributed by atoms with E-state index >= 15 is 0 Å². The topological polar surface area (TPSA) is 24.7 Å². The Balaban J connectivity index is 1.48. The normalized spacial score (nSPS) is 11.2. The number of nitrogens with zero attached hydrogens (tertiary/aromatic N) is 2. The van der Waals surface area contributed by atoms with Gasteiger partial charge in [0.15, 0.2) is 0 Å². The average molecular weight is 346 g/mol. The Morgan fingerprint density at radius 3 is 1.25 bits per heavy atom. The lowest BCUT2D eigenvalue weighted by Gasteiger charge is -1.99. The number of hydrogen-bond donors (Lipinski definition) is 0. The average Bonchev–Trinajstić information content (AvgIpc) is 3.34. The Labute approximate surface area is 148 Å². The molecule has 2 heterocycles. The van der Waals surface area contributed by atoms with E-state index in [1.54, 1.807) is 22.7 Å². The Morgan fingerprint density at radius 1 is 0.500 bits per heavy atom. The van der Waals surface area contributed by atoms with E-state index < -0.39 is 0 Å². The highest BCUT2D eigenvalue weighted by Crippen LogP contribution is 2.29. The van der Waals surface area contributed by atoms with Gasteiger partial charge in [0, 0.05) is 9.75 Å². The van der Waals surface area contributed by atoms with Crippen molar-refractivity contribution in [3.05, 3.63) is 83.6 Å². The molecule has 24 heavy (non-hydrogen) atoms. The fraction of sp³-hybridized carbons (Fsp3) is 0.